The van der Waals surface area contributed by atoms with Crippen molar-refractivity contribution < 1.29 is 14.3 Å². The fraction of sp³-hybridized carbons (Fsp3) is 0.562. The van der Waals surface area contributed by atoms with E-state index in [2.05, 4.69) is 4.90 Å². The van der Waals surface area contributed by atoms with Gasteiger partial charge in [0.1, 0.15) is 17.9 Å². The van der Waals surface area contributed by atoms with Crippen LogP contribution < -0.4 is 10.5 Å². The van der Waals surface area contributed by atoms with Gasteiger partial charge in [0.15, 0.2) is 0 Å². The van der Waals surface area contributed by atoms with Crippen molar-refractivity contribution in [3.8, 4) is 5.75 Å². The number of fused-ring (bicyclic) bond motifs is 3. The number of nitrogens with two attached hydrogens (primary N) is 1. The average Bonchev–Trinajstić information content (AvgIpc) is 2.55. The van der Waals surface area contributed by atoms with E-state index in [0.29, 0.717) is 5.92 Å². The maximum absolute atomic E-state index is 12.2. The van der Waals surface area contributed by atoms with Crippen LogP contribution in [-0.2, 0) is 9.53 Å². The molecule has 1 aromatic carbocycles. The monoisotopic (exact) mass is 290 g/mol. The van der Waals surface area contributed by atoms with Crippen LogP contribution in [0.25, 0.3) is 0 Å². The molecular weight excluding hydrogens is 268 g/mol. The smallest absolute Gasteiger partial charge is 0.327 e. The van der Waals surface area contributed by atoms with Gasteiger partial charge in [-0.1, -0.05) is 12.1 Å². The van der Waals surface area contributed by atoms with E-state index in [0.717, 1.165) is 43.8 Å². The molecule has 2 N–H and O–H groups in total. The number of esters is 1. The third-order valence-corrected chi connectivity index (χ3v) is 4.59. The summed E-state index contributed by atoms with van der Waals surface area (Å²) in [6, 6.07) is 6.49. The highest BCUT2D eigenvalue weighted by Gasteiger charge is 2.37. The minimum absolute atomic E-state index is 0.00398. The highest BCUT2D eigenvalue weighted by atomic mass is 16.5. The minimum Gasteiger partial charge on any atom is -0.497 e. The van der Waals surface area contributed by atoms with E-state index in [1.54, 1.807) is 31.4 Å². The van der Waals surface area contributed by atoms with Crippen molar-refractivity contribution in [1.29, 1.82) is 0 Å². The van der Waals surface area contributed by atoms with Crippen molar-refractivity contribution in [2.45, 2.75) is 25.0 Å². The summed E-state index contributed by atoms with van der Waals surface area (Å²) in [6.45, 7) is 3.11. The van der Waals surface area contributed by atoms with Gasteiger partial charge in [-0.3, -0.25) is 4.90 Å². The number of methoxy groups -OCH3 is 1. The van der Waals surface area contributed by atoms with Crippen LogP contribution in [-0.4, -0.2) is 43.7 Å². The predicted octanol–water partition coefficient (Wildman–Crippen LogP) is 1.33. The second-order valence-corrected chi connectivity index (χ2v) is 5.86. The van der Waals surface area contributed by atoms with Crippen molar-refractivity contribution in [3.63, 3.8) is 0 Å². The van der Waals surface area contributed by atoms with E-state index in [-0.39, 0.29) is 12.1 Å². The summed E-state index contributed by atoms with van der Waals surface area (Å²) in [4.78, 5) is 14.6. The van der Waals surface area contributed by atoms with Gasteiger partial charge in [-0.15, -0.1) is 0 Å². The number of hydrogen-bond acceptors (Lipinski definition) is 5. The summed E-state index contributed by atoms with van der Waals surface area (Å²) in [5, 5.41) is 0. The molecule has 2 bridgehead atoms. The molecule has 1 aromatic rings. The largest absolute Gasteiger partial charge is 0.497 e. The van der Waals surface area contributed by atoms with Gasteiger partial charge >= 0.3 is 5.97 Å². The van der Waals surface area contributed by atoms with E-state index in [9.17, 15) is 4.79 Å². The Morgan fingerprint density at radius 1 is 1.29 bits per heavy atom. The van der Waals surface area contributed by atoms with E-state index in [1.165, 1.54) is 0 Å². The molecule has 3 aliphatic rings. The van der Waals surface area contributed by atoms with Gasteiger partial charge in [0, 0.05) is 6.54 Å². The van der Waals surface area contributed by atoms with Crippen molar-refractivity contribution in [1.82, 2.24) is 4.90 Å². The van der Waals surface area contributed by atoms with Crippen molar-refractivity contribution in [2.24, 2.45) is 11.7 Å². The summed E-state index contributed by atoms with van der Waals surface area (Å²) < 4.78 is 10.8. The second kappa shape index (κ2) is 6.03. The average molecular weight is 290 g/mol. The first-order chi connectivity index (χ1) is 10.2. The molecule has 0 aromatic heterocycles. The Bertz CT molecular complexity index is 495. The van der Waals surface area contributed by atoms with Crippen LogP contribution >= 0.6 is 0 Å². The molecule has 21 heavy (non-hydrogen) atoms. The number of ether oxygens (including phenoxy) is 2. The number of carbonyl (C=O) groups excluding carboxylic acids is 1. The molecule has 5 heteroatoms. The van der Waals surface area contributed by atoms with E-state index < -0.39 is 6.04 Å². The summed E-state index contributed by atoms with van der Waals surface area (Å²) in [7, 11) is 1.61. The number of benzene rings is 1. The first kappa shape index (κ1) is 14.4. The second-order valence-electron chi connectivity index (χ2n) is 5.86. The molecule has 2 unspecified atom stereocenters. The zero-order chi connectivity index (χ0) is 14.8. The summed E-state index contributed by atoms with van der Waals surface area (Å²) in [6.07, 6.45) is 2.25. The van der Waals surface area contributed by atoms with Crippen LogP contribution in [0.4, 0.5) is 0 Å². The lowest BCUT2D eigenvalue weighted by molar-refractivity contribution is -0.160. The lowest BCUT2D eigenvalue weighted by Gasteiger charge is -2.44. The van der Waals surface area contributed by atoms with E-state index in [1.807, 2.05) is 0 Å². The minimum atomic E-state index is -0.730. The maximum Gasteiger partial charge on any atom is 0.327 e. The maximum atomic E-state index is 12.2. The Balaban J connectivity index is 1.61. The fourth-order valence-electron chi connectivity index (χ4n) is 3.21. The standard InChI is InChI=1S/C16H22N2O3/c1-20-13-4-2-12(3-5-13)15(17)16(19)21-14-10-18-8-6-11(14)7-9-18/h2-5,11,14-15H,6-10,17H2,1H3. The Kier molecular flexibility index (Phi) is 4.12. The number of carbonyl (C=O) groups is 1. The van der Waals surface area contributed by atoms with Crippen LogP contribution in [0, 0.1) is 5.92 Å². The van der Waals surface area contributed by atoms with Gasteiger partial charge in [-0.2, -0.15) is 0 Å². The van der Waals surface area contributed by atoms with Crippen molar-refractivity contribution in [2.75, 3.05) is 26.7 Å². The zero-order valence-corrected chi connectivity index (χ0v) is 12.3. The Morgan fingerprint density at radius 3 is 2.48 bits per heavy atom. The normalized spacial score (nSPS) is 29.0. The van der Waals surface area contributed by atoms with Gasteiger partial charge in [0.2, 0.25) is 0 Å². The predicted molar refractivity (Wildman–Crippen MR) is 79.0 cm³/mol. The zero-order valence-electron chi connectivity index (χ0n) is 12.3. The van der Waals surface area contributed by atoms with Gasteiger partial charge in [-0.05, 0) is 49.5 Å². The molecule has 3 saturated heterocycles. The van der Waals surface area contributed by atoms with Crippen LogP contribution in [0.5, 0.6) is 5.75 Å². The van der Waals surface area contributed by atoms with E-state index in [4.69, 9.17) is 15.2 Å². The van der Waals surface area contributed by atoms with Gasteiger partial charge in [0.05, 0.1) is 7.11 Å². The molecule has 0 spiro atoms. The first-order valence-corrected chi connectivity index (χ1v) is 7.50. The molecule has 0 aliphatic carbocycles. The Labute approximate surface area is 125 Å². The number of rotatable bonds is 4. The van der Waals surface area contributed by atoms with Gasteiger partial charge in [-0.25, -0.2) is 4.79 Å². The molecule has 3 fully saturated rings. The molecule has 0 radical (unpaired) electrons. The molecule has 4 rings (SSSR count). The van der Waals surface area contributed by atoms with Gasteiger partial charge < -0.3 is 15.2 Å². The lowest BCUT2D eigenvalue weighted by atomic mass is 9.86. The molecule has 0 saturated carbocycles. The molecule has 2 atom stereocenters. The number of hydrogen-bond donors (Lipinski definition) is 1. The number of nitrogens with zero attached hydrogens (tertiary/aromatic N) is 1. The molecule has 114 valence electrons. The van der Waals surface area contributed by atoms with Crippen LogP contribution in [0.2, 0.25) is 0 Å². The quantitative estimate of drug-likeness (QED) is 0.848. The van der Waals surface area contributed by atoms with Crippen molar-refractivity contribution in [3.05, 3.63) is 29.8 Å². The molecule has 0 amide bonds. The fourth-order valence-corrected chi connectivity index (χ4v) is 3.21. The summed E-state index contributed by atoms with van der Waals surface area (Å²) in [5.41, 5.74) is 6.77. The topological polar surface area (TPSA) is 64.8 Å². The summed E-state index contributed by atoms with van der Waals surface area (Å²) >= 11 is 0. The highest BCUT2D eigenvalue weighted by molar-refractivity contribution is 5.77. The molecule has 5 nitrogen and oxygen atoms in total. The Morgan fingerprint density at radius 2 is 1.95 bits per heavy atom. The third kappa shape index (κ3) is 3.04. The number of piperidine rings is 3. The first-order valence-electron chi connectivity index (χ1n) is 7.50. The van der Waals surface area contributed by atoms with E-state index >= 15 is 0 Å². The van der Waals surface area contributed by atoms with Crippen LogP contribution in [0.15, 0.2) is 24.3 Å². The molecular formula is C16H22N2O3. The van der Waals surface area contributed by atoms with Crippen molar-refractivity contribution >= 4 is 5.97 Å². The van der Waals surface area contributed by atoms with Crippen LogP contribution in [0.3, 0.4) is 0 Å². The Hall–Kier alpha value is -1.59. The SMILES string of the molecule is COc1ccc(C(N)C(=O)OC2CN3CCC2CC3)cc1. The lowest BCUT2D eigenvalue weighted by Crippen LogP contribution is -2.52. The summed E-state index contributed by atoms with van der Waals surface area (Å²) in [5.74, 6) is 0.914. The molecule has 3 aliphatic heterocycles. The van der Waals surface area contributed by atoms with Gasteiger partial charge in [0.25, 0.3) is 0 Å². The highest BCUT2D eigenvalue weighted by Crippen LogP contribution is 2.30. The van der Waals surface area contributed by atoms with Crippen LogP contribution in [0.1, 0.15) is 24.4 Å². The molecule has 3 heterocycles. The third-order valence-electron chi connectivity index (χ3n) is 4.59.